The summed E-state index contributed by atoms with van der Waals surface area (Å²) in [4.78, 5) is 11.9. The van der Waals surface area contributed by atoms with Gasteiger partial charge in [-0.1, -0.05) is 13.8 Å². The van der Waals surface area contributed by atoms with Crippen molar-refractivity contribution in [2.24, 2.45) is 34.5 Å². The van der Waals surface area contributed by atoms with E-state index in [1.54, 1.807) is 0 Å². The summed E-state index contributed by atoms with van der Waals surface area (Å²) in [6, 6.07) is 0. The van der Waals surface area contributed by atoms with Crippen molar-refractivity contribution in [2.45, 2.75) is 77.5 Å². The van der Waals surface area contributed by atoms with E-state index in [1.807, 2.05) is 0 Å². The zero-order valence-corrected chi connectivity index (χ0v) is 13.9. The van der Waals surface area contributed by atoms with Crippen molar-refractivity contribution < 1.29 is 14.3 Å². The van der Waals surface area contributed by atoms with Crippen LogP contribution in [0.1, 0.15) is 65.2 Å². The standard InChI is InChI=1S/C19H29FO2/c1-18-7-5-12(21)9-11(18)3-4-13-14(18)6-8-19(2)15(13)10-16(20)17(19)22/h11,13-17,22H,3-10H2,1-2H3/t11-,13+,14-,15-,16-,17-,18-,19-/m0/s1. The van der Waals surface area contributed by atoms with Gasteiger partial charge in [-0.15, -0.1) is 0 Å². The molecular formula is C19H29FO2. The van der Waals surface area contributed by atoms with Gasteiger partial charge >= 0.3 is 0 Å². The highest BCUT2D eigenvalue weighted by atomic mass is 19.1. The fraction of sp³-hybridized carbons (Fsp3) is 0.947. The summed E-state index contributed by atoms with van der Waals surface area (Å²) >= 11 is 0. The van der Waals surface area contributed by atoms with E-state index in [4.69, 9.17) is 0 Å². The molecule has 4 aliphatic carbocycles. The Hall–Kier alpha value is -0.440. The molecule has 0 aromatic rings. The van der Waals surface area contributed by atoms with Gasteiger partial charge in [0.2, 0.25) is 0 Å². The van der Waals surface area contributed by atoms with Crippen molar-refractivity contribution in [2.75, 3.05) is 0 Å². The van der Waals surface area contributed by atoms with Crippen LogP contribution < -0.4 is 0 Å². The lowest BCUT2D eigenvalue weighted by Crippen LogP contribution is -2.54. The monoisotopic (exact) mass is 308 g/mol. The molecule has 22 heavy (non-hydrogen) atoms. The molecule has 124 valence electrons. The van der Waals surface area contributed by atoms with Crippen molar-refractivity contribution in [1.82, 2.24) is 0 Å². The Kier molecular flexibility index (Phi) is 3.28. The van der Waals surface area contributed by atoms with Crippen LogP contribution in [0, 0.1) is 34.5 Å². The Labute approximate surface area is 132 Å². The molecule has 0 saturated heterocycles. The van der Waals surface area contributed by atoms with Gasteiger partial charge in [0.25, 0.3) is 0 Å². The minimum atomic E-state index is -1.03. The molecule has 0 amide bonds. The molecular weight excluding hydrogens is 279 g/mol. The molecule has 8 atom stereocenters. The maximum atomic E-state index is 14.2. The Morgan fingerprint density at radius 1 is 1.09 bits per heavy atom. The number of alkyl halides is 1. The molecule has 0 aromatic carbocycles. The zero-order valence-electron chi connectivity index (χ0n) is 13.9. The first kappa shape index (κ1) is 15.1. The van der Waals surface area contributed by atoms with E-state index in [1.165, 1.54) is 0 Å². The summed E-state index contributed by atoms with van der Waals surface area (Å²) in [6.45, 7) is 4.53. The summed E-state index contributed by atoms with van der Waals surface area (Å²) in [5.41, 5.74) is 0.0613. The number of halogens is 1. The minimum Gasteiger partial charge on any atom is -0.390 e. The van der Waals surface area contributed by atoms with E-state index < -0.39 is 12.3 Å². The number of rotatable bonds is 0. The number of fused-ring (bicyclic) bond motifs is 5. The van der Waals surface area contributed by atoms with E-state index in [9.17, 15) is 14.3 Å². The second-order valence-electron chi connectivity index (χ2n) is 9.14. The maximum Gasteiger partial charge on any atom is 0.133 e. The first-order chi connectivity index (χ1) is 10.4. The lowest BCUT2D eigenvalue weighted by Gasteiger charge is -2.59. The predicted octanol–water partition coefficient (Wildman–Crippen LogP) is 3.91. The van der Waals surface area contributed by atoms with Crippen molar-refractivity contribution in [3.8, 4) is 0 Å². The van der Waals surface area contributed by atoms with Crippen LogP contribution in [0.5, 0.6) is 0 Å². The van der Waals surface area contributed by atoms with Crippen LogP contribution in [0.15, 0.2) is 0 Å². The number of hydrogen-bond donors (Lipinski definition) is 1. The third kappa shape index (κ3) is 1.84. The highest BCUT2D eigenvalue weighted by molar-refractivity contribution is 5.79. The molecule has 0 heterocycles. The average Bonchev–Trinajstić information content (AvgIpc) is 2.72. The van der Waals surface area contributed by atoms with E-state index in [-0.39, 0.29) is 10.8 Å². The lowest BCUT2D eigenvalue weighted by molar-refractivity contribution is -0.142. The average molecular weight is 308 g/mol. The van der Waals surface area contributed by atoms with Crippen LogP contribution >= 0.6 is 0 Å². The quantitative estimate of drug-likeness (QED) is 0.737. The van der Waals surface area contributed by atoms with E-state index in [2.05, 4.69) is 13.8 Å². The van der Waals surface area contributed by atoms with Gasteiger partial charge in [-0.05, 0) is 73.0 Å². The van der Waals surface area contributed by atoms with Crippen LogP contribution in [0.2, 0.25) is 0 Å². The van der Waals surface area contributed by atoms with E-state index >= 15 is 0 Å². The molecule has 0 radical (unpaired) electrons. The smallest absolute Gasteiger partial charge is 0.133 e. The second-order valence-corrected chi connectivity index (χ2v) is 9.14. The van der Waals surface area contributed by atoms with Crippen LogP contribution in [-0.4, -0.2) is 23.2 Å². The fourth-order valence-electron chi connectivity index (χ4n) is 6.99. The number of aliphatic hydroxyl groups is 1. The zero-order chi connectivity index (χ0) is 15.7. The van der Waals surface area contributed by atoms with Crippen LogP contribution in [0.25, 0.3) is 0 Å². The van der Waals surface area contributed by atoms with Gasteiger partial charge in [0.05, 0.1) is 6.10 Å². The molecule has 0 aliphatic heterocycles. The molecule has 0 unspecified atom stereocenters. The maximum absolute atomic E-state index is 14.2. The van der Waals surface area contributed by atoms with Gasteiger partial charge in [0, 0.05) is 12.8 Å². The topological polar surface area (TPSA) is 37.3 Å². The summed E-state index contributed by atoms with van der Waals surface area (Å²) in [6.07, 6.45) is 5.63. The highest BCUT2D eigenvalue weighted by Crippen LogP contribution is 2.66. The number of ketones is 1. The molecule has 0 spiro atoms. The Morgan fingerprint density at radius 3 is 2.64 bits per heavy atom. The second kappa shape index (κ2) is 4.78. The Bertz CT molecular complexity index is 492. The van der Waals surface area contributed by atoms with Crippen LogP contribution in [0.3, 0.4) is 0 Å². The molecule has 4 fully saturated rings. The Morgan fingerprint density at radius 2 is 1.86 bits per heavy atom. The van der Waals surface area contributed by atoms with Crippen molar-refractivity contribution in [3.63, 3.8) is 0 Å². The number of carbonyl (C=O) groups is 1. The van der Waals surface area contributed by atoms with Crippen molar-refractivity contribution in [3.05, 3.63) is 0 Å². The summed E-state index contributed by atoms with van der Waals surface area (Å²) in [5.74, 6) is 2.53. The highest BCUT2D eigenvalue weighted by Gasteiger charge is 2.62. The van der Waals surface area contributed by atoms with Gasteiger partial charge in [-0.25, -0.2) is 4.39 Å². The molecule has 4 aliphatic rings. The van der Waals surface area contributed by atoms with Gasteiger partial charge in [-0.2, -0.15) is 0 Å². The number of carbonyl (C=O) groups excluding carboxylic acids is 1. The first-order valence-corrected chi connectivity index (χ1v) is 9.20. The molecule has 0 aromatic heterocycles. The van der Waals surface area contributed by atoms with E-state index in [0.29, 0.717) is 35.9 Å². The van der Waals surface area contributed by atoms with Crippen molar-refractivity contribution in [1.29, 1.82) is 0 Å². The van der Waals surface area contributed by atoms with E-state index in [0.717, 1.165) is 44.9 Å². The molecule has 0 bridgehead atoms. The predicted molar refractivity (Wildman–Crippen MR) is 83.0 cm³/mol. The van der Waals surface area contributed by atoms with Gasteiger partial charge < -0.3 is 5.11 Å². The molecule has 1 N–H and O–H groups in total. The third-order valence-corrected chi connectivity index (χ3v) is 8.42. The number of hydrogen-bond acceptors (Lipinski definition) is 2. The fourth-order valence-corrected chi connectivity index (χ4v) is 6.99. The van der Waals surface area contributed by atoms with Crippen LogP contribution in [-0.2, 0) is 4.79 Å². The summed E-state index contributed by atoms with van der Waals surface area (Å²) < 4.78 is 14.2. The minimum absolute atomic E-state index is 0.214. The van der Waals surface area contributed by atoms with Crippen LogP contribution in [0.4, 0.5) is 4.39 Å². The Balaban J connectivity index is 1.64. The molecule has 3 heteroatoms. The lowest BCUT2D eigenvalue weighted by atomic mass is 9.45. The molecule has 2 nitrogen and oxygen atoms in total. The number of aliphatic hydroxyl groups excluding tert-OH is 1. The largest absolute Gasteiger partial charge is 0.390 e. The summed E-state index contributed by atoms with van der Waals surface area (Å²) in [7, 11) is 0. The van der Waals surface area contributed by atoms with Crippen molar-refractivity contribution >= 4 is 5.78 Å². The normalized spacial score (nSPS) is 57.9. The molecule has 4 rings (SSSR count). The molecule has 4 saturated carbocycles. The van der Waals surface area contributed by atoms with Gasteiger partial charge in [0.15, 0.2) is 0 Å². The number of Topliss-reactive ketones (excluding diaryl/α,β-unsaturated/α-hetero) is 1. The van der Waals surface area contributed by atoms with Gasteiger partial charge in [-0.3, -0.25) is 4.79 Å². The summed E-state index contributed by atoms with van der Waals surface area (Å²) in [5, 5.41) is 10.4. The van der Waals surface area contributed by atoms with Gasteiger partial charge in [0.1, 0.15) is 12.0 Å². The first-order valence-electron chi connectivity index (χ1n) is 9.20. The SMILES string of the molecule is C[C@]12CCC(=O)C[C@@H]1CC[C@@H]1[C@@H]2CC[C@]2(C)[C@@H](O)[C@@H](F)C[C@@H]12. The third-order valence-electron chi connectivity index (χ3n) is 8.42.